The van der Waals surface area contributed by atoms with Crippen molar-refractivity contribution in [2.75, 3.05) is 32.6 Å². The van der Waals surface area contributed by atoms with Gasteiger partial charge in [0.25, 0.3) is 0 Å². The number of anilines is 1. The fraction of sp³-hybridized carbons (Fsp3) is 0.393. The number of hydrogen-bond acceptors (Lipinski definition) is 5. The number of aromatic nitrogens is 2. The lowest BCUT2D eigenvalue weighted by Crippen LogP contribution is -2.40. The highest BCUT2D eigenvalue weighted by molar-refractivity contribution is 5.94. The third-order valence-corrected chi connectivity index (χ3v) is 5.53. The number of nitrogens with zero attached hydrogens (tertiary/aromatic N) is 3. The molecule has 0 bridgehead atoms. The van der Waals surface area contributed by atoms with Crippen LogP contribution in [0.1, 0.15) is 34.1 Å². The van der Waals surface area contributed by atoms with Crippen molar-refractivity contribution >= 4 is 17.8 Å². The Morgan fingerprint density at radius 1 is 0.972 bits per heavy atom. The zero-order valence-corrected chi connectivity index (χ0v) is 21.9. The van der Waals surface area contributed by atoms with Gasteiger partial charge in [-0.25, -0.2) is 4.98 Å². The summed E-state index contributed by atoms with van der Waals surface area (Å²) < 4.78 is 12.5. The molecule has 0 unspecified atom stereocenters. The highest BCUT2D eigenvalue weighted by Gasteiger charge is 2.21. The summed E-state index contributed by atoms with van der Waals surface area (Å²) in [6.45, 7) is 8.54. The predicted octanol–water partition coefficient (Wildman–Crippen LogP) is 5.03. The van der Waals surface area contributed by atoms with E-state index in [0.717, 1.165) is 17.0 Å². The van der Waals surface area contributed by atoms with Gasteiger partial charge >= 0.3 is 0 Å². The molecule has 3 aromatic rings. The van der Waals surface area contributed by atoms with Gasteiger partial charge in [-0.2, -0.15) is 0 Å². The van der Waals surface area contributed by atoms with Crippen LogP contribution in [0.15, 0.2) is 54.7 Å². The molecule has 0 aliphatic heterocycles. The zero-order valence-electron chi connectivity index (χ0n) is 21.9. The molecule has 0 saturated carbocycles. The Labute approximate surface area is 213 Å². The van der Waals surface area contributed by atoms with Crippen molar-refractivity contribution in [2.24, 2.45) is 11.8 Å². The van der Waals surface area contributed by atoms with Gasteiger partial charge in [-0.05, 0) is 48.2 Å². The third kappa shape index (κ3) is 7.10. The molecule has 36 heavy (non-hydrogen) atoms. The van der Waals surface area contributed by atoms with E-state index >= 15 is 0 Å². The van der Waals surface area contributed by atoms with Gasteiger partial charge in [-0.15, -0.1) is 0 Å². The predicted molar refractivity (Wildman–Crippen MR) is 142 cm³/mol. The van der Waals surface area contributed by atoms with E-state index in [2.05, 4.69) is 5.32 Å². The van der Waals surface area contributed by atoms with E-state index in [1.165, 1.54) is 0 Å². The first-order chi connectivity index (χ1) is 17.2. The number of methoxy groups -OCH3 is 2. The lowest BCUT2D eigenvalue weighted by molar-refractivity contribution is -0.135. The molecule has 0 radical (unpaired) electrons. The van der Waals surface area contributed by atoms with Crippen LogP contribution in [0.2, 0.25) is 0 Å². The van der Waals surface area contributed by atoms with Crippen molar-refractivity contribution in [3.8, 4) is 28.4 Å². The second-order valence-electron chi connectivity index (χ2n) is 9.56. The minimum atomic E-state index is -0.301. The maximum absolute atomic E-state index is 13.1. The van der Waals surface area contributed by atoms with E-state index in [9.17, 15) is 9.59 Å². The topological polar surface area (TPSA) is 85.7 Å². The highest BCUT2D eigenvalue weighted by atomic mass is 16.5. The number of imidazole rings is 1. The van der Waals surface area contributed by atoms with Gasteiger partial charge in [0.1, 0.15) is 11.5 Å². The standard InChI is InChI=1S/C28H36N4O4/c1-19(2)14-27(34)31(16-20(3)4)18-26(33)30-28-29-25(21-8-7-9-24(15-21)36-6)17-32(28)22-10-12-23(35-5)13-11-22/h7-13,15,17,19-20H,14,16,18H2,1-6H3,(H,29,30,33). The van der Waals surface area contributed by atoms with Gasteiger partial charge in [0.15, 0.2) is 0 Å². The molecule has 2 aromatic carbocycles. The number of ether oxygens (including phenoxy) is 2. The molecule has 1 N–H and O–H groups in total. The minimum Gasteiger partial charge on any atom is -0.497 e. The van der Waals surface area contributed by atoms with Crippen molar-refractivity contribution in [3.63, 3.8) is 0 Å². The maximum Gasteiger partial charge on any atom is 0.246 e. The summed E-state index contributed by atoms with van der Waals surface area (Å²) in [7, 11) is 3.23. The van der Waals surface area contributed by atoms with E-state index in [1.54, 1.807) is 19.1 Å². The molecule has 0 fully saturated rings. The lowest BCUT2D eigenvalue weighted by Gasteiger charge is -2.25. The number of amides is 2. The summed E-state index contributed by atoms with van der Waals surface area (Å²) in [6, 6.07) is 15.1. The summed E-state index contributed by atoms with van der Waals surface area (Å²) in [6.07, 6.45) is 2.27. The number of benzene rings is 2. The van der Waals surface area contributed by atoms with Crippen molar-refractivity contribution in [1.82, 2.24) is 14.5 Å². The largest absolute Gasteiger partial charge is 0.497 e. The van der Waals surface area contributed by atoms with Crippen LogP contribution < -0.4 is 14.8 Å². The van der Waals surface area contributed by atoms with Crippen LogP contribution in [0.3, 0.4) is 0 Å². The molecule has 0 saturated heterocycles. The maximum atomic E-state index is 13.1. The molecule has 1 aromatic heterocycles. The number of carbonyl (C=O) groups excluding carboxylic acids is 2. The molecular formula is C28H36N4O4. The van der Waals surface area contributed by atoms with E-state index in [0.29, 0.717) is 30.4 Å². The second kappa shape index (κ2) is 12.2. The second-order valence-corrected chi connectivity index (χ2v) is 9.56. The summed E-state index contributed by atoms with van der Waals surface area (Å²) >= 11 is 0. The number of rotatable bonds is 11. The van der Waals surface area contributed by atoms with Crippen LogP contribution in [-0.4, -0.2) is 53.6 Å². The van der Waals surface area contributed by atoms with Crippen molar-refractivity contribution in [2.45, 2.75) is 34.1 Å². The van der Waals surface area contributed by atoms with Crippen molar-refractivity contribution in [3.05, 3.63) is 54.7 Å². The van der Waals surface area contributed by atoms with Gasteiger partial charge in [0, 0.05) is 30.4 Å². The Kier molecular flexibility index (Phi) is 9.11. The number of nitrogens with one attached hydrogen (secondary N) is 1. The first-order valence-corrected chi connectivity index (χ1v) is 12.2. The zero-order chi connectivity index (χ0) is 26.2. The lowest BCUT2D eigenvalue weighted by atomic mass is 10.1. The molecule has 0 spiro atoms. The van der Waals surface area contributed by atoms with E-state index in [4.69, 9.17) is 14.5 Å². The van der Waals surface area contributed by atoms with E-state index < -0.39 is 0 Å². The van der Waals surface area contributed by atoms with Crippen LogP contribution in [0.5, 0.6) is 11.5 Å². The normalized spacial score (nSPS) is 11.0. The molecule has 192 valence electrons. The SMILES string of the molecule is COc1ccc(-n2cc(-c3cccc(OC)c3)nc2NC(=O)CN(CC(C)C)C(=O)CC(C)C)cc1. The quantitative estimate of drug-likeness (QED) is 0.406. The van der Waals surface area contributed by atoms with Crippen LogP contribution in [0.25, 0.3) is 16.9 Å². The Balaban J connectivity index is 1.92. The first-order valence-electron chi connectivity index (χ1n) is 12.2. The van der Waals surface area contributed by atoms with Gasteiger partial charge < -0.3 is 14.4 Å². The Morgan fingerprint density at radius 3 is 2.28 bits per heavy atom. The van der Waals surface area contributed by atoms with Crippen molar-refractivity contribution < 1.29 is 19.1 Å². The van der Waals surface area contributed by atoms with E-state index in [1.807, 2.05) is 87.0 Å². The van der Waals surface area contributed by atoms with Gasteiger partial charge in [-0.1, -0.05) is 39.8 Å². The van der Waals surface area contributed by atoms with Gasteiger partial charge in [-0.3, -0.25) is 19.5 Å². The molecule has 8 heteroatoms. The number of carbonyl (C=O) groups is 2. The van der Waals surface area contributed by atoms with Crippen LogP contribution in [0.4, 0.5) is 5.95 Å². The minimum absolute atomic E-state index is 0.0237. The molecule has 0 aliphatic carbocycles. The smallest absolute Gasteiger partial charge is 0.246 e. The summed E-state index contributed by atoms with van der Waals surface area (Å²) in [5.74, 6) is 1.94. The monoisotopic (exact) mass is 492 g/mol. The van der Waals surface area contributed by atoms with Crippen LogP contribution in [-0.2, 0) is 9.59 Å². The fourth-order valence-corrected chi connectivity index (χ4v) is 3.84. The average Bonchev–Trinajstić information content (AvgIpc) is 3.26. The molecule has 3 rings (SSSR count). The molecule has 0 atom stereocenters. The number of hydrogen-bond donors (Lipinski definition) is 1. The molecule has 8 nitrogen and oxygen atoms in total. The average molecular weight is 493 g/mol. The Morgan fingerprint density at radius 2 is 1.67 bits per heavy atom. The molecule has 2 amide bonds. The molecular weight excluding hydrogens is 456 g/mol. The van der Waals surface area contributed by atoms with E-state index in [-0.39, 0.29) is 30.2 Å². The fourth-order valence-electron chi connectivity index (χ4n) is 3.84. The van der Waals surface area contributed by atoms with Crippen molar-refractivity contribution in [1.29, 1.82) is 0 Å². The van der Waals surface area contributed by atoms with Crippen LogP contribution in [0, 0.1) is 11.8 Å². The summed E-state index contributed by atoms with van der Waals surface area (Å²) in [4.78, 5) is 32.2. The molecule has 1 heterocycles. The third-order valence-electron chi connectivity index (χ3n) is 5.53. The first kappa shape index (κ1) is 26.8. The Bertz CT molecular complexity index is 1170. The van der Waals surface area contributed by atoms with Gasteiger partial charge in [0.05, 0.1) is 26.5 Å². The summed E-state index contributed by atoms with van der Waals surface area (Å²) in [5.41, 5.74) is 2.34. The highest BCUT2D eigenvalue weighted by Crippen LogP contribution is 2.27. The summed E-state index contributed by atoms with van der Waals surface area (Å²) in [5, 5.41) is 2.92. The Hall–Kier alpha value is -3.81. The van der Waals surface area contributed by atoms with Gasteiger partial charge in [0.2, 0.25) is 17.8 Å². The molecule has 0 aliphatic rings. The van der Waals surface area contributed by atoms with Crippen LogP contribution >= 0.6 is 0 Å².